The minimum atomic E-state index is -0.662. The molecule has 0 radical (unpaired) electrons. The zero-order chi connectivity index (χ0) is 64.9. The van der Waals surface area contributed by atoms with Gasteiger partial charge in [0, 0.05) is 12.8 Å². The summed E-state index contributed by atoms with van der Waals surface area (Å²) < 4.78 is 5.52. The van der Waals surface area contributed by atoms with Crippen molar-refractivity contribution in [3.63, 3.8) is 0 Å². The summed E-state index contributed by atoms with van der Waals surface area (Å²) in [6.45, 7) is 5.03. The van der Waals surface area contributed by atoms with E-state index in [1.807, 2.05) is 0 Å². The lowest BCUT2D eigenvalue weighted by molar-refractivity contribution is -0.143. The molecule has 0 heterocycles. The lowest BCUT2D eigenvalue weighted by Crippen LogP contribution is -2.45. The molecule has 0 saturated heterocycles. The van der Waals surface area contributed by atoms with E-state index >= 15 is 0 Å². The van der Waals surface area contributed by atoms with Crippen molar-refractivity contribution in [2.24, 2.45) is 0 Å². The summed E-state index contributed by atoms with van der Waals surface area (Å²) in [6, 6.07) is -0.539. The molecule has 0 aliphatic rings. The molecule has 3 N–H and O–H groups in total. The number of rotatable bonds is 81. The molecule has 0 rings (SSSR count). The minimum absolute atomic E-state index is 0.0238. The summed E-state index contributed by atoms with van der Waals surface area (Å²) in [5.74, 6) is 0.00314. The van der Waals surface area contributed by atoms with Gasteiger partial charge < -0.3 is 20.3 Å². The van der Waals surface area contributed by atoms with E-state index in [9.17, 15) is 19.8 Å². The van der Waals surface area contributed by atoms with Crippen LogP contribution in [-0.4, -0.2) is 47.4 Å². The third kappa shape index (κ3) is 75.9. The van der Waals surface area contributed by atoms with Crippen LogP contribution >= 0.6 is 0 Å². The number of hydrogen-bond donors (Lipinski definition) is 3. The van der Waals surface area contributed by atoms with Crippen molar-refractivity contribution >= 4 is 11.9 Å². The molecule has 2 atom stereocenters. The van der Waals surface area contributed by atoms with Crippen LogP contribution in [0.1, 0.15) is 502 Å². The van der Waals surface area contributed by atoms with Gasteiger partial charge in [0.2, 0.25) is 5.91 Å². The van der Waals surface area contributed by atoms with Gasteiger partial charge in [0.1, 0.15) is 0 Å². The van der Waals surface area contributed by atoms with Gasteiger partial charge in [-0.1, -0.05) is 463 Å². The first kappa shape index (κ1) is 88.9. The molecule has 0 fully saturated rings. The van der Waals surface area contributed by atoms with Crippen LogP contribution in [-0.2, 0) is 14.3 Å². The number of aliphatic hydroxyl groups excluding tert-OH is 2. The molecule has 0 saturated carbocycles. The maximum absolute atomic E-state index is 12.6. The number of aliphatic hydroxyl groups is 2. The number of hydrogen-bond acceptors (Lipinski definition) is 5. The summed E-state index contributed by atoms with van der Waals surface area (Å²) >= 11 is 0. The minimum Gasteiger partial charge on any atom is -0.466 e. The predicted octanol–water partition coefficient (Wildman–Crippen LogP) is 28.1. The van der Waals surface area contributed by atoms with Crippen LogP contribution in [0.4, 0.5) is 0 Å². The van der Waals surface area contributed by atoms with Gasteiger partial charge in [-0.05, 0) is 25.7 Å². The first-order valence-corrected chi connectivity index (χ1v) is 42.3. The fourth-order valence-electron chi connectivity index (χ4n) is 14.0. The molecule has 0 aliphatic heterocycles. The van der Waals surface area contributed by atoms with Crippen molar-refractivity contribution in [1.82, 2.24) is 5.32 Å². The third-order valence-corrected chi connectivity index (χ3v) is 20.4. The molecule has 6 nitrogen and oxygen atoms in total. The Morgan fingerprint density at radius 3 is 0.678 bits per heavy atom. The van der Waals surface area contributed by atoms with E-state index in [0.717, 1.165) is 38.5 Å². The van der Waals surface area contributed by atoms with Crippen molar-refractivity contribution in [2.45, 2.75) is 514 Å². The summed E-state index contributed by atoms with van der Waals surface area (Å²) in [5.41, 5.74) is 0. The molecule has 90 heavy (non-hydrogen) atoms. The molecule has 0 bridgehead atoms. The molecule has 6 heteroatoms. The SMILES string of the molecule is CCCCCCCCCCCCCCCCCCCCCCCCCCC(O)C(CO)NC(=O)CCCCCCCCCCCCCCCCCCCCCCCCCCCCCCCCCOC(=O)CCCCCCCCCCCCCCCCCCCC. The number of carbonyl (C=O) groups excluding carboxylic acids is 2. The van der Waals surface area contributed by atoms with Crippen LogP contribution < -0.4 is 5.32 Å². The Balaban J connectivity index is 3.31. The van der Waals surface area contributed by atoms with Crippen molar-refractivity contribution in [3.8, 4) is 0 Å². The van der Waals surface area contributed by atoms with Gasteiger partial charge in [-0.3, -0.25) is 9.59 Å². The largest absolute Gasteiger partial charge is 0.466 e. The molecule has 1 amide bonds. The van der Waals surface area contributed by atoms with Gasteiger partial charge in [0.25, 0.3) is 0 Å². The Labute approximate surface area is 566 Å². The second-order valence-electron chi connectivity index (χ2n) is 29.5. The monoisotopic (exact) mass is 1270 g/mol. The standard InChI is InChI=1S/C84H167NO5/c1-3-5-7-9-11-13-15-17-19-21-23-24-25-35-38-41-44-48-52-56-60-64-68-72-76-82(87)81(80-86)85-83(88)77-73-69-65-61-57-53-49-45-42-39-36-33-31-29-27-26-28-30-32-34-37-40-43-47-51-55-59-63-67-71-75-79-90-84(89)78-74-70-66-62-58-54-50-46-22-20-18-16-14-12-10-8-6-4-2/h81-82,86-87H,3-80H2,1-2H3,(H,85,88). The molecular formula is C84H167NO5. The van der Waals surface area contributed by atoms with E-state index in [-0.39, 0.29) is 18.5 Å². The number of esters is 1. The maximum atomic E-state index is 12.6. The summed E-state index contributed by atoms with van der Waals surface area (Å²) in [4.78, 5) is 24.7. The van der Waals surface area contributed by atoms with E-state index in [0.29, 0.717) is 25.9 Å². The molecule has 0 aromatic heterocycles. The number of ether oxygens (including phenoxy) is 1. The normalized spacial score (nSPS) is 12.4. The van der Waals surface area contributed by atoms with Crippen LogP contribution in [0.15, 0.2) is 0 Å². The van der Waals surface area contributed by atoms with Gasteiger partial charge in [0.05, 0.1) is 25.4 Å². The van der Waals surface area contributed by atoms with Gasteiger partial charge in [0.15, 0.2) is 0 Å². The Kier molecular flexibility index (Phi) is 79.3. The topological polar surface area (TPSA) is 95.9 Å². The van der Waals surface area contributed by atoms with Crippen LogP contribution in [0.5, 0.6) is 0 Å². The third-order valence-electron chi connectivity index (χ3n) is 20.4. The molecule has 0 spiro atoms. The van der Waals surface area contributed by atoms with Gasteiger partial charge in [-0.25, -0.2) is 0 Å². The van der Waals surface area contributed by atoms with Crippen LogP contribution in [0.3, 0.4) is 0 Å². The highest BCUT2D eigenvalue weighted by molar-refractivity contribution is 5.76. The molecule has 0 aliphatic carbocycles. The van der Waals surface area contributed by atoms with Gasteiger partial charge in [-0.2, -0.15) is 0 Å². The van der Waals surface area contributed by atoms with E-state index < -0.39 is 12.1 Å². The first-order valence-electron chi connectivity index (χ1n) is 42.3. The Morgan fingerprint density at radius 2 is 0.456 bits per heavy atom. The second kappa shape index (κ2) is 80.3. The van der Waals surface area contributed by atoms with E-state index in [4.69, 9.17) is 4.74 Å². The fraction of sp³-hybridized carbons (Fsp3) is 0.976. The van der Waals surface area contributed by atoms with E-state index in [2.05, 4.69) is 19.2 Å². The number of carbonyl (C=O) groups is 2. The number of nitrogens with one attached hydrogen (secondary N) is 1. The molecule has 538 valence electrons. The van der Waals surface area contributed by atoms with Crippen molar-refractivity contribution in [3.05, 3.63) is 0 Å². The first-order chi connectivity index (χ1) is 44.5. The zero-order valence-corrected chi connectivity index (χ0v) is 61.9. The molecule has 2 unspecified atom stereocenters. The maximum Gasteiger partial charge on any atom is 0.305 e. The van der Waals surface area contributed by atoms with Crippen molar-refractivity contribution in [2.75, 3.05) is 13.2 Å². The highest BCUT2D eigenvalue weighted by atomic mass is 16.5. The van der Waals surface area contributed by atoms with Crippen LogP contribution in [0.25, 0.3) is 0 Å². The smallest absolute Gasteiger partial charge is 0.305 e. The van der Waals surface area contributed by atoms with Crippen LogP contribution in [0, 0.1) is 0 Å². The molecular weight excluding hydrogens is 1100 g/mol. The number of amides is 1. The van der Waals surface area contributed by atoms with Crippen molar-refractivity contribution in [1.29, 1.82) is 0 Å². The average molecular weight is 1270 g/mol. The Morgan fingerprint density at radius 1 is 0.267 bits per heavy atom. The summed E-state index contributed by atoms with van der Waals surface area (Å²) in [7, 11) is 0. The average Bonchev–Trinajstić information content (AvgIpc) is 3.71. The summed E-state index contributed by atoms with van der Waals surface area (Å²) in [5, 5.41) is 23.5. The van der Waals surface area contributed by atoms with Gasteiger partial charge in [-0.15, -0.1) is 0 Å². The fourth-order valence-corrected chi connectivity index (χ4v) is 14.0. The lowest BCUT2D eigenvalue weighted by Gasteiger charge is -2.22. The Bertz CT molecular complexity index is 1320. The highest BCUT2D eigenvalue weighted by Crippen LogP contribution is 2.21. The molecule has 0 aromatic rings. The summed E-state index contributed by atoms with van der Waals surface area (Å²) in [6.07, 6.45) is 101. The number of unbranched alkanes of at least 4 members (excludes halogenated alkanes) is 70. The Hall–Kier alpha value is -1.14. The predicted molar refractivity (Wildman–Crippen MR) is 398 cm³/mol. The van der Waals surface area contributed by atoms with E-state index in [1.165, 1.54) is 430 Å². The zero-order valence-electron chi connectivity index (χ0n) is 61.9. The lowest BCUT2D eigenvalue weighted by atomic mass is 10.0. The van der Waals surface area contributed by atoms with Crippen molar-refractivity contribution < 1.29 is 24.5 Å². The highest BCUT2D eigenvalue weighted by Gasteiger charge is 2.20. The molecule has 0 aromatic carbocycles. The second-order valence-corrected chi connectivity index (χ2v) is 29.5. The quantitative estimate of drug-likeness (QED) is 0.0417. The van der Waals surface area contributed by atoms with Crippen LogP contribution in [0.2, 0.25) is 0 Å². The van der Waals surface area contributed by atoms with Gasteiger partial charge >= 0.3 is 5.97 Å². The van der Waals surface area contributed by atoms with E-state index in [1.54, 1.807) is 0 Å².